The van der Waals surface area contributed by atoms with Crippen LogP contribution in [0.5, 0.6) is 0 Å². The van der Waals surface area contributed by atoms with E-state index in [1.165, 1.54) is 22.1 Å². The van der Waals surface area contributed by atoms with Crippen LogP contribution in [0.3, 0.4) is 0 Å². The number of carboxylic acids is 1. The third-order valence-corrected chi connectivity index (χ3v) is 27.7. The molecule has 7 aliphatic heterocycles. The molecule has 7 N–H and O–H groups in total. The highest BCUT2D eigenvalue weighted by atomic mass is 16.4. The van der Waals surface area contributed by atoms with Crippen molar-refractivity contribution in [1.29, 1.82) is 0 Å². The summed E-state index contributed by atoms with van der Waals surface area (Å²) < 4.78 is 34.4. The first-order chi connectivity index (χ1) is 68.3. The molecule has 0 bridgehead atoms. The molecular weight excluding hydrogens is 1780 g/mol. The summed E-state index contributed by atoms with van der Waals surface area (Å²) >= 11 is 0. The van der Waals surface area contributed by atoms with Crippen molar-refractivity contribution in [3.8, 4) is 0 Å². The second kappa shape index (κ2) is 44.2. The first-order valence-electron chi connectivity index (χ1n) is 48.5. The van der Waals surface area contributed by atoms with Crippen molar-refractivity contribution in [2.75, 3.05) is 76.1 Å². The lowest BCUT2D eigenvalue weighted by Gasteiger charge is -2.37. The number of anilines is 2. The maximum Gasteiger partial charge on any atom is 0.372 e. The van der Waals surface area contributed by atoms with Gasteiger partial charge in [0.25, 0.3) is 0 Å². The number of rotatable bonds is 13. The Kier molecular flexibility index (Phi) is 30.7. The highest BCUT2D eigenvalue weighted by Crippen LogP contribution is 2.44. The summed E-state index contributed by atoms with van der Waals surface area (Å²) in [6, 6.07) is 72.0. The fourth-order valence-electron chi connectivity index (χ4n) is 19.5. The summed E-state index contributed by atoms with van der Waals surface area (Å²) in [5.41, 5.74) is 15.9. The Morgan fingerprint density at radius 1 is 0.404 bits per heavy atom. The number of carboxylic acid groups (broad SMARTS) is 1. The van der Waals surface area contributed by atoms with Crippen LogP contribution in [-0.2, 0) is 66.7 Å². The lowest BCUT2D eigenvalue weighted by atomic mass is 9.86. The molecule has 25 heteroatoms. The molecular formula is C116H119N9O16. The Bertz CT molecular complexity index is 7280. The van der Waals surface area contributed by atoms with E-state index >= 15 is 0 Å². The molecule has 15 heterocycles. The van der Waals surface area contributed by atoms with Crippen LogP contribution in [0.2, 0.25) is 0 Å². The molecule has 0 spiro atoms. The van der Waals surface area contributed by atoms with E-state index in [4.69, 9.17) is 31.6 Å². The number of piperidine rings is 4. The van der Waals surface area contributed by atoms with Crippen molar-refractivity contribution >= 4 is 131 Å². The molecule has 16 aromatic rings. The number of aryl methyl sites for hydroxylation is 8. The van der Waals surface area contributed by atoms with Gasteiger partial charge in [-0.1, -0.05) is 176 Å². The molecule has 4 fully saturated rings. The Labute approximate surface area is 818 Å². The van der Waals surface area contributed by atoms with Crippen LogP contribution in [0, 0.1) is 41.5 Å². The van der Waals surface area contributed by atoms with Crippen molar-refractivity contribution in [2.45, 2.75) is 155 Å². The van der Waals surface area contributed by atoms with E-state index in [0.717, 1.165) is 194 Å². The number of aromatic nitrogens is 2. The molecule has 141 heavy (non-hydrogen) atoms. The number of furan rings is 6. The van der Waals surface area contributed by atoms with E-state index in [2.05, 4.69) is 122 Å². The number of nitrogens with zero attached hydrogens (tertiary/aromatic N) is 6. The summed E-state index contributed by atoms with van der Waals surface area (Å²) in [5.74, 6) is 3.52. The summed E-state index contributed by atoms with van der Waals surface area (Å²) in [5, 5.41) is 57.1. The number of benzene rings is 8. The van der Waals surface area contributed by atoms with Gasteiger partial charge in [-0.15, -0.1) is 0 Å². The number of fused-ring (bicyclic) bond motifs is 8. The lowest BCUT2D eigenvalue weighted by Crippen LogP contribution is -2.44. The summed E-state index contributed by atoms with van der Waals surface area (Å²) in [6.07, 6.45) is 22.0. The molecule has 7 aliphatic rings. The molecule has 0 unspecified atom stereocenters. The van der Waals surface area contributed by atoms with E-state index in [-0.39, 0.29) is 29.4 Å². The monoisotopic (exact) mass is 1890 g/mol. The van der Waals surface area contributed by atoms with E-state index in [9.17, 15) is 44.1 Å². The second-order valence-corrected chi connectivity index (χ2v) is 37.3. The first kappa shape index (κ1) is 97.9. The molecule has 25 nitrogen and oxygen atoms in total. The highest BCUT2D eigenvalue weighted by Gasteiger charge is 2.42. The number of ketones is 1. The Balaban J connectivity index is 0.000000117. The normalized spacial score (nSPS) is 16.7. The molecule has 23 rings (SSSR count). The van der Waals surface area contributed by atoms with Crippen molar-refractivity contribution < 1.29 is 75.7 Å². The van der Waals surface area contributed by atoms with Gasteiger partial charge in [0, 0.05) is 189 Å². The Morgan fingerprint density at radius 3 is 1.22 bits per heavy atom. The zero-order valence-electron chi connectivity index (χ0n) is 80.5. The predicted octanol–water partition coefficient (Wildman–Crippen LogP) is 21.5. The summed E-state index contributed by atoms with van der Waals surface area (Å²) in [6.45, 7) is 21.2. The molecule has 724 valence electrons. The van der Waals surface area contributed by atoms with Crippen LogP contribution >= 0.6 is 0 Å². The zero-order chi connectivity index (χ0) is 98.3. The van der Waals surface area contributed by atoms with Crippen LogP contribution in [0.25, 0.3) is 83.5 Å². The van der Waals surface area contributed by atoms with E-state index in [1.807, 2.05) is 171 Å². The van der Waals surface area contributed by atoms with Gasteiger partial charge in [-0.25, -0.2) is 14.8 Å². The van der Waals surface area contributed by atoms with Crippen molar-refractivity contribution in [3.63, 3.8) is 0 Å². The third-order valence-electron chi connectivity index (χ3n) is 27.7. The van der Waals surface area contributed by atoms with Gasteiger partial charge in [-0.3, -0.25) is 33.8 Å². The standard InChI is InChI=1S/C25H25N3O4.C25H23N3O3.C21H23NO2.C14H17NO2.C12H15NO.C10H8O3.C9H8O/c1-16-19-4-2-3-5-20(19)32-23(16)25(31)10-12-28(13-11-25)22(30)9-6-17-14-18-7-8-21(29)27-24(18)26-15-17;1-16-20-4-2-3-5-21(20)31-24(16)18-10-12-28(13-11-18)23(30)9-6-17-14-19-7-8-22(29)27-25(19)26-15-17;1-16-18-9-5-6-10-19(18)24-20(16)21(23)11-13-22(14-12-21)15-17-7-3-2-4-8-17;1-10-11-4-2-3-5-12(11)17-13(10)14(16)6-8-15-9-7-14;14-12-6-8-13(9-7-12)10-11-4-2-1-3-5-11;1-6-7-4-2-3-5-8(7)13-9(6)10(11)12;1-7-6-10-9-5-3-2-4-8(7)9/h2-6,9,14-15,31H,7-8,10-13H2,1H3,(H,26,27,29);2-6,9-10,14-15H,7-8,11-13H2,1H3,(H,26,27,29);2-10,23H,11-15H2,1H3;2-5,15-16H,6-9H2,1H3;1-5H,6-10H2;2-5H,1H3,(H,11,12);2-6H,1H3/b2*9-6+;;;;;. The van der Waals surface area contributed by atoms with Gasteiger partial charge in [-0.2, -0.15) is 0 Å². The molecule has 0 radical (unpaired) electrons. The molecule has 0 saturated carbocycles. The number of hydrogen-bond donors (Lipinski definition) is 7. The number of nitrogens with one attached hydrogen (secondary N) is 3. The van der Waals surface area contributed by atoms with Crippen molar-refractivity contribution in [2.24, 2.45) is 0 Å². The summed E-state index contributed by atoms with van der Waals surface area (Å²) in [4.78, 5) is 86.9. The van der Waals surface area contributed by atoms with E-state index in [1.54, 1.807) is 60.9 Å². The van der Waals surface area contributed by atoms with Crippen molar-refractivity contribution in [1.82, 2.24) is 34.9 Å². The van der Waals surface area contributed by atoms with Gasteiger partial charge in [0.2, 0.25) is 29.4 Å². The van der Waals surface area contributed by atoms with Gasteiger partial charge in [0.15, 0.2) is 0 Å². The fourth-order valence-corrected chi connectivity index (χ4v) is 19.5. The lowest BCUT2D eigenvalue weighted by molar-refractivity contribution is -0.131. The zero-order valence-corrected chi connectivity index (χ0v) is 80.5. The van der Waals surface area contributed by atoms with Crippen LogP contribution < -0.4 is 16.0 Å². The van der Waals surface area contributed by atoms with Gasteiger partial charge in [0.1, 0.15) is 90.8 Å². The number of likely N-dealkylation sites (tertiary alicyclic amines) is 3. The molecule has 8 aromatic carbocycles. The Hall–Kier alpha value is -14.7. The van der Waals surface area contributed by atoms with Crippen LogP contribution in [0.15, 0.2) is 282 Å². The molecule has 8 aromatic heterocycles. The topological polar surface area (TPSA) is 337 Å². The number of aromatic carboxylic acids is 1. The number of para-hydroxylation sites is 6. The number of carbonyl (C=O) groups excluding carboxylic acids is 5. The maximum absolute atomic E-state index is 12.7. The largest absolute Gasteiger partial charge is 0.475 e. The minimum atomic E-state index is -1.07. The number of amides is 4. The van der Waals surface area contributed by atoms with E-state index in [0.29, 0.717) is 125 Å². The quantitative estimate of drug-likeness (QED) is 0.0527. The molecule has 0 atom stereocenters. The summed E-state index contributed by atoms with van der Waals surface area (Å²) in [7, 11) is 0. The number of hydrogen-bond acceptors (Lipinski definition) is 20. The minimum Gasteiger partial charge on any atom is -0.475 e. The molecule has 4 amide bonds. The molecule has 4 saturated heterocycles. The highest BCUT2D eigenvalue weighted by molar-refractivity contribution is 5.98. The minimum absolute atomic E-state index is 0.00571. The van der Waals surface area contributed by atoms with Gasteiger partial charge in [-0.05, 0) is 205 Å². The smallest absolute Gasteiger partial charge is 0.372 e. The molecule has 0 aliphatic carbocycles. The van der Waals surface area contributed by atoms with Gasteiger partial charge in [0.05, 0.1) is 6.26 Å². The Morgan fingerprint density at radius 2 is 0.794 bits per heavy atom. The predicted molar refractivity (Wildman–Crippen MR) is 549 cm³/mol. The fraction of sp³-hybridized carbons (Fsp3) is 0.293. The number of pyridine rings is 2. The number of carbonyl (C=O) groups is 6. The second-order valence-electron chi connectivity index (χ2n) is 37.3. The number of Topliss-reactive ketones (excluding diaryl/α,β-unsaturated/α-hetero) is 1. The third kappa shape index (κ3) is 23.2. The van der Waals surface area contributed by atoms with Crippen LogP contribution in [0.1, 0.15) is 171 Å². The average molecular weight is 1900 g/mol. The first-order valence-corrected chi connectivity index (χ1v) is 48.5. The van der Waals surface area contributed by atoms with Gasteiger partial charge >= 0.3 is 5.97 Å². The average Bonchev–Trinajstić information content (AvgIpc) is 1.63. The van der Waals surface area contributed by atoms with Crippen LogP contribution in [-0.4, -0.2) is 151 Å². The number of aliphatic hydroxyl groups is 3. The van der Waals surface area contributed by atoms with Crippen molar-refractivity contribution in [3.05, 3.63) is 351 Å². The van der Waals surface area contributed by atoms with Gasteiger partial charge < -0.3 is 72.7 Å². The van der Waals surface area contributed by atoms with Crippen LogP contribution in [0.4, 0.5) is 11.6 Å². The maximum atomic E-state index is 12.7. The van der Waals surface area contributed by atoms with E-state index < -0.39 is 22.8 Å². The SMILES string of the molecule is Cc1c(C(=O)O)oc2ccccc12.Cc1c(C2(O)CCN(C(=O)/C=C/c3cnc4c(c3)CCC(=O)N4)CC2)oc2ccccc12.Cc1c(C2(O)CCN(Cc3ccccc3)CC2)oc2ccccc12.Cc1c(C2(O)CCNCC2)oc2ccccc12.Cc1c(C2=CCN(C(=O)/C=C/c3cnc4c(c3)CCC(=O)N4)CC2)oc2ccccc12.Cc1coc2ccccc12.O=C1CCN(Cc2ccccc2)CC1.